The molecule has 0 fully saturated rings. The molecule has 0 bridgehead atoms. The molecular weight excluding hydrogens is 384 g/mol. The molecule has 0 unspecified atom stereocenters. The molecule has 2 aromatic carbocycles. The van der Waals surface area contributed by atoms with E-state index in [1.807, 2.05) is 104 Å². The second-order valence-corrected chi connectivity index (χ2v) is 8.00. The molecule has 1 heterocycles. The zero-order valence-corrected chi connectivity index (χ0v) is 18.3. The summed E-state index contributed by atoms with van der Waals surface area (Å²) in [6.07, 6.45) is 0. The smallest absolute Gasteiger partial charge is 0.254 e. The average molecular weight is 411 g/mol. The van der Waals surface area contributed by atoms with Crippen LogP contribution in [-0.2, 0) is 6.54 Å². The predicted octanol–water partition coefficient (Wildman–Crippen LogP) is 4.95. The van der Waals surface area contributed by atoms with Gasteiger partial charge in [-0.15, -0.1) is 0 Å². The highest BCUT2D eigenvalue weighted by Gasteiger charge is 2.25. The van der Waals surface area contributed by atoms with E-state index in [0.29, 0.717) is 17.1 Å². The van der Waals surface area contributed by atoms with Gasteiger partial charge < -0.3 is 9.80 Å². The van der Waals surface area contributed by atoms with Crippen LogP contribution in [0.5, 0.6) is 0 Å². The van der Waals surface area contributed by atoms with Gasteiger partial charge in [0.05, 0.1) is 17.9 Å². The molecule has 0 N–H and O–H groups in total. The number of aromatic nitrogens is 2. The number of nitrogens with zero attached hydrogens (tertiary/aromatic N) is 4. The highest BCUT2D eigenvalue weighted by molar-refractivity contribution is 6.30. The Kier molecular flexibility index (Phi) is 6.28. The second-order valence-electron chi connectivity index (χ2n) is 7.57. The molecule has 0 saturated carbocycles. The average Bonchev–Trinajstić information content (AvgIpc) is 3.02. The normalized spacial score (nSPS) is 11.0. The number of benzene rings is 2. The molecule has 3 rings (SSSR count). The van der Waals surface area contributed by atoms with Crippen LogP contribution in [0.15, 0.2) is 54.6 Å². The third kappa shape index (κ3) is 4.46. The molecule has 152 valence electrons. The topological polar surface area (TPSA) is 41.4 Å². The van der Waals surface area contributed by atoms with Crippen LogP contribution in [0, 0.1) is 6.92 Å². The molecule has 0 radical (unpaired) electrons. The van der Waals surface area contributed by atoms with Gasteiger partial charge in [0.2, 0.25) is 0 Å². The number of carbonyl (C=O) groups excluding carboxylic acids is 1. The summed E-state index contributed by atoms with van der Waals surface area (Å²) in [5.41, 5.74) is 3.49. The first-order chi connectivity index (χ1) is 13.8. The Morgan fingerprint density at radius 1 is 1.10 bits per heavy atom. The molecule has 3 aromatic rings. The number of amides is 1. The Morgan fingerprint density at radius 2 is 1.79 bits per heavy atom. The number of hydrogen-bond acceptors (Lipinski definition) is 3. The van der Waals surface area contributed by atoms with Crippen LogP contribution >= 0.6 is 11.6 Å². The lowest BCUT2D eigenvalue weighted by atomic mass is 10.1. The fourth-order valence-corrected chi connectivity index (χ4v) is 3.57. The Morgan fingerprint density at radius 3 is 2.38 bits per heavy atom. The summed E-state index contributed by atoms with van der Waals surface area (Å²) in [5.74, 6) is 0.955. The summed E-state index contributed by atoms with van der Waals surface area (Å²) >= 11 is 6.20. The summed E-state index contributed by atoms with van der Waals surface area (Å²) < 4.78 is 1.89. The fourth-order valence-electron chi connectivity index (χ4n) is 3.39. The Balaban J connectivity index is 2.04. The quantitative estimate of drug-likeness (QED) is 0.577. The SMILES string of the molecule is Cc1nn(-c2cccc(Cl)c2)c(N(C)C)c1CN(C(=O)c1ccccc1)C(C)C. The van der Waals surface area contributed by atoms with Crippen molar-refractivity contribution in [2.24, 2.45) is 0 Å². The number of halogens is 1. The number of rotatable bonds is 6. The Hall–Kier alpha value is -2.79. The van der Waals surface area contributed by atoms with Gasteiger partial charge in [-0.1, -0.05) is 35.9 Å². The Labute approximate surface area is 177 Å². The lowest BCUT2D eigenvalue weighted by molar-refractivity contribution is 0.0690. The molecular formula is C23H27ClN4O. The van der Waals surface area contributed by atoms with Crippen LogP contribution in [0.2, 0.25) is 5.02 Å². The highest BCUT2D eigenvalue weighted by Crippen LogP contribution is 2.29. The Bertz CT molecular complexity index is 995. The van der Waals surface area contributed by atoms with Crippen LogP contribution in [0.3, 0.4) is 0 Å². The lowest BCUT2D eigenvalue weighted by Crippen LogP contribution is -2.37. The van der Waals surface area contributed by atoms with E-state index in [2.05, 4.69) is 0 Å². The van der Waals surface area contributed by atoms with Crippen molar-refractivity contribution >= 4 is 23.3 Å². The predicted molar refractivity (Wildman–Crippen MR) is 119 cm³/mol. The van der Waals surface area contributed by atoms with Gasteiger partial charge in [0.15, 0.2) is 0 Å². The number of anilines is 1. The summed E-state index contributed by atoms with van der Waals surface area (Å²) in [6.45, 7) is 6.53. The maximum atomic E-state index is 13.2. The van der Waals surface area contributed by atoms with Crippen LogP contribution in [0.1, 0.15) is 35.5 Å². The van der Waals surface area contributed by atoms with E-state index >= 15 is 0 Å². The maximum Gasteiger partial charge on any atom is 0.254 e. The van der Waals surface area contributed by atoms with Gasteiger partial charge in [-0.05, 0) is 51.1 Å². The van der Waals surface area contributed by atoms with E-state index in [0.717, 1.165) is 22.8 Å². The third-order valence-corrected chi connectivity index (χ3v) is 5.10. The standard InChI is InChI=1S/C23H27ClN4O/c1-16(2)27(23(29)18-10-7-6-8-11-18)15-21-17(3)25-28(22(21)26(4)5)20-13-9-12-19(24)14-20/h6-14,16H,15H2,1-5H3. The fraction of sp³-hybridized carbons (Fsp3) is 0.304. The van der Waals surface area contributed by atoms with E-state index in [9.17, 15) is 4.79 Å². The van der Waals surface area contributed by atoms with Crippen molar-refractivity contribution in [1.29, 1.82) is 0 Å². The second kappa shape index (κ2) is 8.70. The van der Waals surface area contributed by atoms with E-state index < -0.39 is 0 Å². The van der Waals surface area contributed by atoms with Crippen molar-refractivity contribution in [1.82, 2.24) is 14.7 Å². The van der Waals surface area contributed by atoms with E-state index in [1.54, 1.807) is 0 Å². The molecule has 0 aliphatic heterocycles. The molecule has 1 amide bonds. The highest BCUT2D eigenvalue weighted by atomic mass is 35.5. The van der Waals surface area contributed by atoms with Crippen LogP contribution in [-0.4, -0.2) is 40.7 Å². The van der Waals surface area contributed by atoms with Gasteiger partial charge in [0.1, 0.15) is 5.82 Å². The first kappa shape index (κ1) is 20.9. The summed E-state index contributed by atoms with van der Waals surface area (Å²) in [6, 6.07) is 17.1. The minimum atomic E-state index is 0.0141. The molecule has 0 aliphatic rings. The first-order valence-corrected chi connectivity index (χ1v) is 10.0. The molecule has 1 aromatic heterocycles. The van der Waals surface area contributed by atoms with Gasteiger partial charge in [-0.3, -0.25) is 4.79 Å². The number of hydrogen-bond donors (Lipinski definition) is 0. The summed E-state index contributed by atoms with van der Waals surface area (Å²) in [5, 5.41) is 5.42. The molecule has 0 aliphatic carbocycles. The largest absolute Gasteiger partial charge is 0.362 e. The van der Waals surface area contributed by atoms with E-state index in [-0.39, 0.29) is 11.9 Å². The molecule has 6 heteroatoms. The number of carbonyl (C=O) groups is 1. The minimum absolute atomic E-state index is 0.0141. The minimum Gasteiger partial charge on any atom is -0.362 e. The molecule has 0 spiro atoms. The lowest BCUT2D eigenvalue weighted by Gasteiger charge is -2.28. The van der Waals surface area contributed by atoms with Crippen molar-refractivity contribution in [2.75, 3.05) is 19.0 Å². The zero-order chi connectivity index (χ0) is 21.1. The third-order valence-electron chi connectivity index (χ3n) is 4.87. The molecule has 0 atom stereocenters. The van der Waals surface area contributed by atoms with Crippen molar-refractivity contribution in [3.63, 3.8) is 0 Å². The molecule has 5 nitrogen and oxygen atoms in total. The van der Waals surface area contributed by atoms with E-state index in [4.69, 9.17) is 16.7 Å². The molecule has 0 saturated heterocycles. The van der Waals surface area contributed by atoms with Crippen molar-refractivity contribution in [3.05, 3.63) is 76.4 Å². The summed E-state index contributed by atoms with van der Waals surface area (Å²) in [4.78, 5) is 17.1. The molecule has 29 heavy (non-hydrogen) atoms. The number of aryl methyl sites for hydroxylation is 1. The van der Waals surface area contributed by atoms with Crippen LogP contribution in [0.4, 0.5) is 5.82 Å². The van der Waals surface area contributed by atoms with E-state index in [1.165, 1.54) is 0 Å². The van der Waals surface area contributed by atoms with Gasteiger partial charge in [0.25, 0.3) is 5.91 Å². The van der Waals surface area contributed by atoms with Gasteiger partial charge in [-0.25, -0.2) is 4.68 Å². The van der Waals surface area contributed by atoms with Crippen molar-refractivity contribution < 1.29 is 4.79 Å². The van der Waals surface area contributed by atoms with Crippen LogP contribution in [0.25, 0.3) is 5.69 Å². The van der Waals surface area contributed by atoms with Gasteiger partial charge in [0, 0.05) is 36.3 Å². The van der Waals surface area contributed by atoms with Crippen LogP contribution < -0.4 is 4.90 Å². The van der Waals surface area contributed by atoms with Crippen molar-refractivity contribution in [3.8, 4) is 5.69 Å². The maximum absolute atomic E-state index is 13.2. The first-order valence-electron chi connectivity index (χ1n) is 9.67. The zero-order valence-electron chi connectivity index (χ0n) is 17.6. The van der Waals surface area contributed by atoms with Crippen molar-refractivity contribution in [2.45, 2.75) is 33.4 Å². The monoisotopic (exact) mass is 410 g/mol. The van der Waals surface area contributed by atoms with Gasteiger partial charge >= 0.3 is 0 Å². The summed E-state index contributed by atoms with van der Waals surface area (Å²) in [7, 11) is 3.97. The van der Waals surface area contributed by atoms with Gasteiger partial charge in [-0.2, -0.15) is 5.10 Å².